The number of hydrogen-bond donors (Lipinski definition) is 2. The first kappa shape index (κ1) is 26.2. The number of halogens is 2. The summed E-state index contributed by atoms with van der Waals surface area (Å²) < 4.78 is 13.8. The Bertz CT molecular complexity index is 1210. The first-order valence-electron chi connectivity index (χ1n) is 12.4. The standard InChI is InChI=1S/C28H33ClFN5O/c1-3-21-17-22(30)8-9-25(21)24(4-2)27-26(29)18-31-28(33-27)32-23-7-5-6-20(16-23)19-35-12-10-34(11-13-35)14-15-36/h4-9,16-18,36H,3,10-15,19H2,1-2H3,(H,31,32,33)/b24-4+. The molecule has 2 aromatic carbocycles. The summed E-state index contributed by atoms with van der Waals surface area (Å²) in [7, 11) is 0. The lowest BCUT2D eigenvalue weighted by atomic mass is 9.95. The maximum atomic E-state index is 13.8. The molecule has 6 nitrogen and oxygen atoms in total. The summed E-state index contributed by atoms with van der Waals surface area (Å²) in [6.45, 7) is 9.66. The van der Waals surface area contributed by atoms with E-state index < -0.39 is 0 Å². The van der Waals surface area contributed by atoms with Gasteiger partial charge < -0.3 is 10.4 Å². The van der Waals surface area contributed by atoms with Gasteiger partial charge in [-0.05, 0) is 54.3 Å². The van der Waals surface area contributed by atoms with Crippen molar-refractivity contribution in [2.24, 2.45) is 0 Å². The lowest BCUT2D eigenvalue weighted by Crippen LogP contribution is -2.46. The summed E-state index contributed by atoms with van der Waals surface area (Å²) in [4.78, 5) is 13.8. The van der Waals surface area contributed by atoms with Gasteiger partial charge in [0.1, 0.15) is 5.82 Å². The molecule has 1 saturated heterocycles. The van der Waals surface area contributed by atoms with Crippen LogP contribution in [0.2, 0.25) is 5.02 Å². The van der Waals surface area contributed by atoms with Crippen molar-refractivity contribution in [3.63, 3.8) is 0 Å². The normalized spacial score (nSPS) is 15.3. The average Bonchev–Trinajstić information content (AvgIpc) is 2.88. The SMILES string of the molecule is C/C=C(\c1ccc(F)cc1CC)c1nc(Nc2cccc(CN3CCN(CCO)CC3)c2)ncc1Cl. The topological polar surface area (TPSA) is 64.5 Å². The third kappa shape index (κ3) is 6.48. The van der Waals surface area contributed by atoms with Crippen LogP contribution in [0.25, 0.3) is 5.57 Å². The molecule has 0 unspecified atom stereocenters. The zero-order valence-corrected chi connectivity index (χ0v) is 21.6. The van der Waals surface area contributed by atoms with Crippen LogP contribution in [-0.4, -0.2) is 64.2 Å². The number of hydrogen-bond acceptors (Lipinski definition) is 6. The first-order chi connectivity index (χ1) is 17.5. The van der Waals surface area contributed by atoms with E-state index >= 15 is 0 Å². The maximum Gasteiger partial charge on any atom is 0.227 e. The number of nitrogens with one attached hydrogen (secondary N) is 1. The fraction of sp³-hybridized carbons (Fsp3) is 0.357. The second-order valence-electron chi connectivity index (χ2n) is 8.91. The molecule has 0 spiro atoms. The van der Waals surface area contributed by atoms with Crippen molar-refractivity contribution in [1.82, 2.24) is 19.8 Å². The van der Waals surface area contributed by atoms with Gasteiger partial charge in [0.2, 0.25) is 5.95 Å². The van der Waals surface area contributed by atoms with Crippen molar-refractivity contribution < 1.29 is 9.50 Å². The third-order valence-electron chi connectivity index (χ3n) is 6.50. The highest BCUT2D eigenvalue weighted by molar-refractivity contribution is 6.32. The number of rotatable bonds is 9. The molecule has 0 saturated carbocycles. The number of anilines is 2. The smallest absolute Gasteiger partial charge is 0.227 e. The molecule has 190 valence electrons. The minimum Gasteiger partial charge on any atom is -0.395 e. The third-order valence-corrected chi connectivity index (χ3v) is 6.77. The van der Waals surface area contributed by atoms with Crippen LogP contribution >= 0.6 is 11.6 Å². The number of allylic oxidation sites excluding steroid dienone is 1. The summed E-state index contributed by atoms with van der Waals surface area (Å²) >= 11 is 6.52. The lowest BCUT2D eigenvalue weighted by Gasteiger charge is -2.34. The number of aliphatic hydroxyl groups excluding tert-OH is 1. The van der Waals surface area contributed by atoms with Gasteiger partial charge in [0.25, 0.3) is 0 Å². The number of aromatic nitrogens is 2. The van der Waals surface area contributed by atoms with E-state index in [2.05, 4.69) is 32.2 Å². The molecule has 1 aliphatic rings. The van der Waals surface area contributed by atoms with E-state index in [9.17, 15) is 4.39 Å². The highest BCUT2D eigenvalue weighted by Gasteiger charge is 2.17. The molecule has 2 N–H and O–H groups in total. The Morgan fingerprint density at radius 1 is 1.14 bits per heavy atom. The van der Waals surface area contributed by atoms with Crippen molar-refractivity contribution in [3.8, 4) is 0 Å². The molecule has 8 heteroatoms. The number of β-amino-alcohol motifs (C(OH)–C–C–N with tert-alkyl or cyclic N) is 1. The van der Waals surface area contributed by atoms with Gasteiger partial charge in [-0.25, -0.2) is 14.4 Å². The lowest BCUT2D eigenvalue weighted by molar-refractivity contribution is 0.108. The molecule has 3 aromatic rings. The van der Waals surface area contributed by atoms with E-state index in [1.807, 2.05) is 32.1 Å². The van der Waals surface area contributed by atoms with Gasteiger partial charge in [-0.15, -0.1) is 0 Å². The molecule has 0 atom stereocenters. The molecule has 1 fully saturated rings. The number of benzene rings is 2. The monoisotopic (exact) mass is 509 g/mol. The first-order valence-corrected chi connectivity index (χ1v) is 12.8. The highest BCUT2D eigenvalue weighted by atomic mass is 35.5. The summed E-state index contributed by atoms with van der Waals surface area (Å²) in [6.07, 6.45) is 4.24. The molecular weight excluding hydrogens is 477 g/mol. The minimum atomic E-state index is -0.255. The van der Waals surface area contributed by atoms with Gasteiger partial charge in [-0.3, -0.25) is 9.80 Å². The van der Waals surface area contributed by atoms with Crippen LogP contribution in [0.3, 0.4) is 0 Å². The van der Waals surface area contributed by atoms with Crippen LogP contribution in [0.5, 0.6) is 0 Å². The fourth-order valence-electron chi connectivity index (χ4n) is 4.60. The number of nitrogens with zero attached hydrogens (tertiary/aromatic N) is 4. The van der Waals surface area contributed by atoms with E-state index in [-0.39, 0.29) is 12.4 Å². The molecule has 2 heterocycles. The van der Waals surface area contributed by atoms with Gasteiger partial charge in [-0.1, -0.05) is 42.8 Å². The molecule has 0 radical (unpaired) electrons. The van der Waals surface area contributed by atoms with Crippen molar-refractivity contribution in [2.75, 3.05) is 44.6 Å². The van der Waals surface area contributed by atoms with Crippen molar-refractivity contribution >= 4 is 28.8 Å². The Labute approximate surface area is 217 Å². The van der Waals surface area contributed by atoms with E-state index in [4.69, 9.17) is 21.7 Å². The Morgan fingerprint density at radius 3 is 2.64 bits per heavy atom. The van der Waals surface area contributed by atoms with Gasteiger partial charge in [-0.2, -0.15) is 0 Å². The van der Waals surface area contributed by atoms with Crippen LogP contribution < -0.4 is 5.32 Å². The molecular formula is C28H33ClFN5O. The predicted molar refractivity (Wildman–Crippen MR) is 144 cm³/mol. The van der Waals surface area contributed by atoms with Crippen LogP contribution in [0, 0.1) is 5.82 Å². The number of aryl methyl sites for hydroxylation is 1. The summed E-state index contributed by atoms with van der Waals surface area (Å²) in [5.41, 5.74) is 5.37. The molecule has 0 bridgehead atoms. The second-order valence-corrected chi connectivity index (χ2v) is 9.32. The zero-order chi connectivity index (χ0) is 25.5. The average molecular weight is 510 g/mol. The molecule has 0 aliphatic carbocycles. The van der Waals surface area contributed by atoms with Crippen LogP contribution in [0.4, 0.5) is 16.0 Å². The maximum absolute atomic E-state index is 13.8. The molecule has 1 aliphatic heterocycles. The number of piperazine rings is 1. The minimum absolute atomic E-state index is 0.210. The van der Waals surface area contributed by atoms with E-state index in [0.29, 0.717) is 23.1 Å². The van der Waals surface area contributed by atoms with Crippen molar-refractivity contribution in [1.29, 1.82) is 0 Å². The van der Waals surface area contributed by atoms with Gasteiger partial charge in [0.15, 0.2) is 0 Å². The van der Waals surface area contributed by atoms with E-state index in [0.717, 1.165) is 61.7 Å². The van der Waals surface area contributed by atoms with E-state index in [1.165, 1.54) is 11.6 Å². The largest absolute Gasteiger partial charge is 0.395 e. The quantitative estimate of drug-likeness (QED) is 0.416. The summed E-state index contributed by atoms with van der Waals surface area (Å²) in [5.74, 6) is 0.192. The fourth-order valence-corrected chi connectivity index (χ4v) is 4.79. The van der Waals surface area contributed by atoms with Crippen LogP contribution in [0.15, 0.2) is 54.7 Å². The van der Waals surface area contributed by atoms with Crippen LogP contribution in [0.1, 0.15) is 36.2 Å². The molecule has 1 aromatic heterocycles. The predicted octanol–water partition coefficient (Wildman–Crippen LogP) is 5.14. The van der Waals surface area contributed by atoms with Crippen LogP contribution in [-0.2, 0) is 13.0 Å². The zero-order valence-electron chi connectivity index (χ0n) is 20.8. The second kappa shape index (κ2) is 12.4. The van der Waals surface area contributed by atoms with E-state index in [1.54, 1.807) is 18.3 Å². The Morgan fingerprint density at radius 2 is 1.92 bits per heavy atom. The summed E-state index contributed by atoms with van der Waals surface area (Å²) in [6, 6.07) is 13.1. The van der Waals surface area contributed by atoms with Gasteiger partial charge >= 0.3 is 0 Å². The molecule has 0 amide bonds. The van der Waals surface area contributed by atoms with Crippen molar-refractivity contribution in [3.05, 3.63) is 88.0 Å². The summed E-state index contributed by atoms with van der Waals surface area (Å²) in [5, 5.41) is 12.9. The highest BCUT2D eigenvalue weighted by Crippen LogP contribution is 2.31. The Kier molecular flexibility index (Phi) is 9.04. The Hall–Kier alpha value is -2.84. The molecule has 36 heavy (non-hydrogen) atoms. The molecule has 4 rings (SSSR count). The van der Waals surface area contributed by atoms with Gasteiger partial charge in [0.05, 0.1) is 23.5 Å². The number of aliphatic hydroxyl groups is 1. The Balaban J connectivity index is 1.50. The van der Waals surface area contributed by atoms with Crippen molar-refractivity contribution in [2.45, 2.75) is 26.8 Å². The van der Waals surface area contributed by atoms with Gasteiger partial charge in [0, 0.05) is 50.5 Å².